The topological polar surface area (TPSA) is 135 Å². The van der Waals surface area contributed by atoms with Gasteiger partial charge in [0.2, 0.25) is 5.91 Å². The Morgan fingerprint density at radius 2 is 1.97 bits per heavy atom. The summed E-state index contributed by atoms with van der Waals surface area (Å²) in [5.41, 5.74) is 0.0720. The van der Waals surface area contributed by atoms with E-state index in [2.05, 4.69) is 5.32 Å². The number of nitrogens with one attached hydrogen (secondary N) is 1. The average molecular weight is 538 g/mol. The van der Waals surface area contributed by atoms with E-state index in [0.717, 1.165) is 12.8 Å². The second kappa shape index (κ2) is 12.8. The van der Waals surface area contributed by atoms with Gasteiger partial charge in [-0.2, -0.15) is 4.98 Å². The lowest BCUT2D eigenvalue weighted by Crippen LogP contribution is -2.54. The van der Waals surface area contributed by atoms with E-state index in [-0.39, 0.29) is 37.2 Å². The molecule has 2 N–H and O–H groups in total. The number of amides is 3. The first-order chi connectivity index (χ1) is 17.9. The number of rotatable bonds is 11. The summed E-state index contributed by atoms with van der Waals surface area (Å²) in [6, 6.07) is 0.204. The van der Waals surface area contributed by atoms with Crippen LogP contribution in [0.2, 0.25) is 0 Å². The molecule has 3 amide bonds. The SMILES string of the molecule is CC(C)Oc1nc([C@@H](C)N(C(=O)[C@H]2CN(C(=O)OC(C)(C)C)CCO2)C2CC2)cn1CCCNC(=O)CO. The lowest BCUT2D eigenvalue weighted by Gasteiger charge is -2.37. The molecule has 0 spiro atoms. The molecule has 0 unspecified atom stereocenters. The molecular weight excluding hydrogens is 494 g/mol. The van der Waals surface area contributed by atoms with Crippen LogP contribution in [0, 0.1) is 0 Å². The maximum Gasteiger partial charge on any atom is 0.410 e. The van der Waals surface area contributed by atoms with Crippen LogP contribution in [-0.4, -0.2) is 99.1 Å². The van der Waals surface area contributed by atoms with Gasteiger partial charge >= 0.3 is 6.09 Å². The predicted molar refractivity (Wildman–Crippen MR) is 139 cm³/mol. The molecule has 2 atom stereocenters. The fraction of sp³-hybridized carbons (Fsp3) is 0.769. The van der Waals surface area contributed by atoms with Gasteiger partial charge in [0.1, 0.15) is 12.2 Å². The summed E-state index contributed by atoms with van der Waals surface area (Å²) in [6.45, 7) is 12.4. The average Bonchev–Trinajstić information content (AvgIpc) is 3.60. The fourth-order valence-electron chi connectivity index (χ4n) is 4.26. The molecule has 1 aromatic heterocycles. The van der Waals surface area contributed by atoms with Crippen LogP contribution in [0.1, 0.15) is 72.5 Å². The Bertz CT molecular complexity index is 970. The van der Waals surface area contributed by atoms with Crippen molar-refractivity contribution in [2.24, 2.45) is 0 Å². The van der Waals surface area contributed by atoms with E-state index >= 15 is 0 Å². The number of aromatic nitrogens is 2. The molecule has 1 aliphatic carbocycles. The molecule has 0 radical (unpaired) electrons. The molecule has 12 heteroatoms. The zero-order valence-corrected chi connectivity index (χ0v) is 23.4. The number of hydrogen-bond donors (Lipinski definition) is 2. The lowest BCUT2D eigenvalue weighted by atomic mass is 10.1. The summed E-state index contributed by atoms with van der Waals surface area (Å²) in [6.07, 6.45) is 2.99. The van der Waals surface area contributed by atoms with Crippen molar-refractivity contribution in [2.45, 2.75) is 97.2 Å². The molecule has 3 rings (SSSR count). The third-order valence-corrected chi connectivity index (χ3v) is 6.17. The zero-order chi connectivity index (χ0) is 28.0. The van der Waals surface area contributed by atoms with Gasteiger partial charge in [-0.05, 0) is 60.8 Å². The molecule has 1 saturated heterocycles. The maximum absolute atomic E-state index is 13.7. The van der Waals surface area contributed by atoms with Gasteiger partial charge in [0.15, 0.2) is 6.10 Å². The minimum absolute atomic E-state index is 0.0892. The van der Waals surface area contributed by atoms with Crippen LogP contribution in [0.25, 0.3) is 0 Å². The molecule has 1 aliphatic heterocycles. The molecule has 2 fully saturated rings. The van der Waals surface area contributed by atoms with Crippen LogP contribution in [0.15, 0.2) is 6.20 Å². The second-order valence-electron chi connectivity index (χ2n) is 11.1. The highest BCUT2D eigenvalue weighted by molar-refractivity contribution is 5.83. The summed E-state index contributed by atoms with van der Waals surface area (Å²) in [4.78, 5) is 45.7. The smallest absolute Gasteiger partial charge is 0.410 e. The van der Waals surface area contributed by atoms with E-state index in [4.69, 9.17) is 24.3 Å². The van der Waals surface area contributed by atoms with Crippen molar-refractivity contribution in [3.63, 3.8) is 0 Å². The number of ether oxygens (including phenoxy) is 3. The number of nitrogens with zero attached hydrogens (tertiary/aromatic N) is 4. The van der Waals surface area contributed by atoms with Gasteiger partial charge in [0.25, 0.3) is 11.9 Å². The molecule has 0 aromatic carbocycles. The van der Waals surface area contributed by atoms with E-state index in [9.17, 15) is 14.4 Å². The fourth-order valence-corrected chi connectivity index (χ4v) is 4.26. The third kappa shape index (κ3) is 8.32. The van der Waals surface area contributed by atoms with Crippen molar-refractivity contribution in [1.29, 1.82) is 0 Å². The summed E-state index contributed by atoms with van der Waals surface area (Å²) >= 11 is 0. The van der Waals surface area contributed by atoms with Crippen LogP contribution in [-0.2, 0) is 25.6 Å². The van der Waals surface area contributed by atoms with Gasteiger partial charge in [-0.25, -0.2) is 4.79 Å². The molecule has 2 heterocycles. The number of carbonyl (C=O) groups excluding carboxylic acids is 3. The normalized spacial score (nSPS) is 18.7. The highest BCUT2D eigenvalue weighted by Crippen LogP contribution is 2.36. The Balaban J connectivity index is 1.72. The number of hydrogen-bond acceptors (Lipinski definition) is 8. The highest BCUT2D eigenvalue weighted by Gasteiger charge is 2.42. The molecule has 1 saturated carbocycles. The van der Waals surface area contributed by atoms with Crippen LogP contribution < -0.4 is 10.1 Å². The van der Waals surface area contributed by atoms with Crippen LogP contribution in [0.3, 0.4) is 0 Å². The number of carbonyl (C=O) groups is 3. The molecule has 214 valence electrons. The number of morpholine rings is 1. The van der Waals surface area contributed by atoms with Crippen molar-refractivity contribution < 1.29 is 33.7 Å². The number of aliphatic hydroxyl groups is 1. The number of imidazole rings is 1. The molecule has 1 aromatic rings. The zero-order valence-electron chi connectivity index (χ0n) is 23.4. The van der Waals surface area contributed by atoms with Crippen LogP contribution in [0.5, 0.6) is 6.01 Å². The number of aliphatic hydroxyl groups excluding tert-OH is 1. The summed E-state index contributed by atoms with van der Waals surface area (Å²) in [5.74, 6) is -0.585. The minimum atomic E-state index is -0.775. The van der Waals surface area contributed by atoms with E-state index in [0.29, 0.717) is 37.8 Å². The third-order valence-electron chi connectivity index (χ3n) is 6.17. The Morgan fingerprint density at radius 1 is 1.26 bits per heavy atom. The maximum atomic E-state index is 13.7. The first-order valence-corrected chi connectivity index (χ1v) is 13.4. The molecule has 0 bridgehead atoms. The van der Waals surface area contributed by atoms with Gasteiger partial charge < -0.3 is 39.0 Å². The van der Waals surface area contributed by atoms with E-state index in [1.807, 2.05) is 57.2 Å². The second-order valence-corrected chi connectivity index (χ2v) is 11.1. The molecular formula is C26H43N5O7. The van der Waals surface area contributed by atoms with Crippen molar-refractivity contribution in [1.82, 2.24) is 24.7 Å². The summed E-state index contributed by atoms with van der Waals surface area (Å²) < 4.78 is 19.1. The number of aryl methyl sites for hydroxylation is 1. The van der Waals surface area contributed by atoms with Crippen molar-refractivity contribution >= 4 is 17.9 Å². The van der Waals surface area contributed by atoms with Gasteiger partial charge in [-0.3, -0.25) is 9.59 Å². The Kier molecular flexibility index (Phi) is 10.00. The summed E-state index contributed by atoms with van der Waals surface area (Å²) in [7, 11) is 0. The first kappa shape index (κ1) is 29.7. The van der Waals surface area contributed by atoms with E-state index in [1.54, 1.807) is 0 Å². The monoisotopic (exact) mass is 537 g/mol. The van der Waals surface area contributed by atoms with Crippen LogP contribution >= 0.6 is 0 Å². The van der Waals surface area contributed by atoms with Crippen molar-refractivity contribution in [2.75, 3.05) is 32.8 Å². The van der Waals surface area contributed by atoms with E-state index < -0.39 is 30.3 Å². The van der Waals surface area contributed by atoms with E-state index in [1.165, 1.54) is 4.90 Å². The molecule has 12 nitrogen and oxygen atoms in total. The first-order valence-electron chi connectivity index (χ1n) is 13.4. The predicted octanol–water partition coefficient (Wildman–Crippen LogP) is 1.86. The lowest BCUT2D eigenvalue weighted by molar-refractivity contribution is -0.152. The van der Waals surface area contributed by atoms with Crippen molar-refractivity contribution in [3.05, 3.63) is 11.9 Å². The Hall–Kier alpha value is -2.86. The van der Waals surface area contributed by atoms with Crippen molar-refractivity contribution in [3.8, 4) is 6.01 Å². The van der Waals surface area contributed by atoms with Gasteiger partial charge in [0, 0.05) is 31.9 Å². The largest absolute Gasteiger partial charge is 0.462 e. The highest BCUT2D eigenvalue weighted by atomic mass is 16.6. The minimum Gasteiger partial charge on any atom is -0.462 e. The Morgan fingerprint density at radius 3 is 2.58 bits per heavy atom. The molecule has 2 aliphatic rings. The van der Waals surface area contributed by atoms with Gasteiger partial charge in [-0.1, -0.05) is 0 Å². The molecule has 38 heavy (non-hydrogen) atoms. The van der Waals surface area contributed by atoms with Crippen LogP contribution in [0.4, 0.5) is 4.79 Å². The summed E-state index contributed by atoms with van der Waals surface area (Å²) in [5, 5.41) is 11.5. The standard InChI is InChI=1S/C26H43N5O7/c1-17(2)37-24-28-20(14-29(24)11-7-10-27-22(33)16-32)18(3)31(19-8-9-19)23(34)21-15-30(12-13-36-21)25(35)38-26(4,5)6/h14,17-19,21,32H,7-13,15-16H2,1-6H3,(H,27,33)/t18-,21-/m1/s1. The quantitative estimate of drug-likeness (QED) is 0.409. The van der Waals surface area contributed by atoms with Gasteiger partial charge in [-0.15, -0.1) is 0 Å². The Labute approximate surface area is 224 Å². The van der Waals surface area contributed by atoms with Gasteiger partial charge in [0.05, 0.1) is 31.0 Å².